The van der Waals surface area contributed by atoms with E-state index in [4.69, 9.17) is 23.7 Å². The van der Waals surface area contributed by atoms with Crippen molar-refractivity contribution in [2.45, 2.75) is 18.6 Å². The zero-order valence-corrected chi connectivity index (χ0v) is 19.1. The fourth-order valence-corrected chi connectivity index (χ4v) is 4.52. The number of likely N-dealkylation sites (tertiary alicyclic amines) is 1. The minimum atomic E-state index is -0.450. The van der Waals surface area contributed by atoms with Gasteiger partial charge in [-0.1, -0.05) is 0 Å². The Morgan fingerprint density at radius 2 is 2.03 bits per heavy atom. The quantitative estimate of drug-likeness (QED) is 0.512. The Hall–Kier alpha value is -3.93. The standard InChI is InChI=1S/C23H24N6O6/c1-31-14-2-3-18-17(8-14)21(25-13-24-18)34-15-4-5-28(10-15)11-16-12-29(23(30)35-16)20-9-19-22(27-26-20)33-7-6-32-19/h2-3,8-9,13,15-16H,4-7,10-12H2,1H3/t15?,16-/m1/s1. The molecule has 3 aliphatic heterocycles. The molecule has 182 valence electrons. The lowest BCUT2D eigenvalue weighted by molar-refractivity contribution is 0.111. The third kappa shape index (κ3) is 4.32. The normalized spacial score (nSPS) is 21.9. The number of hydrogen-bond donors (Lipinski definition) is 0. The number of hydrogen-bond acceptors (Lipinski definition) is 11. The molecule has 0 spiro atoms. The van der Waals surface area contributed by atoms with Crippen LogP contribution in [-0.2, 0) is 4.74 Å². The number of rotatable bonds is 6. The van der Waals surface area contributed by atoms with E-state index >= 15 is 0 Å². The SMILES string of the molecule is COc1ccc2ncnc(OC3CCN(C[C@@H]4CN(c5cc6c(nn5)OCCO6)C(=O)O4)C3)c2c1. The molecule has 2 atom stereocenters. The summed E-state index contributed by atoms with van der Waals surface area (Å²) in [7, 11) is 1.62. The van der Waals surface area contributed by atoms with E-state index in [0.29, 0.717) is 56.2 Å². The first-order chi connectivity index (χ1) is 17.2. The van der Waals surface area contributed by atoms with E-state index in [9.17, 15) is 4.79 Å². The number of nitrogens with zero attached hydrogens (tertiary/aromatic N) is 6. The van der Waals surface area contributed by atoms with Crippen LogP contribution in [-0.4, -0.2) is 89.9 Å². The summed E-state index contributed by atoms with van der Waals surface area (Å²) in [5.74, 6) is 2.46. The third-order valence-electron chi connectivity index (χ3n) is 6.22. The number of carbonyl (C=O) groups is 1. The van der Waals surface area contributed by atoms with Gasteiger partial charge in [-0.25, -0.2) is 14.8 Å². The van der Waals surface area contributed by atoms with Crippen LogP contribution in [0.5, 0.6) is 23.3 Å². The number of anilines is 1. The Balaban J connectivity index is 1.08. The van der Waals surface area contributed by atoms with Crippen LogP contribution in [0.25, 0.3) is 10.9 Å². The molecule has 5 heterocycles. The van der Waals surface area contributed by atoms with E-state index in [-0.39, 0.29) is 12.2 Å². The highest BCUT2D eigenvalue weighted by molar-refractivity contribution is 5.88. The highest BCUT2D eigenvalue weighted by Crippen LogP contribution is 2.32. The van der Waals surface area contributed by atoms with Crippen molar-refractivity contribution in [3.63, 3.8) is 0 Å². The molecule has 2 saturated heterocycles. The number of benzene rings is 1. The van der Waals surface area contributed by atoms with Gasteiger partial charge in [-0.15, -0.1) is 10.2 Å². The maximum absolute atomic E-state index is 12.5. The van der Waals surface area contributed by atoms with Gasteiger partial charge in [0, 0.05) is 25.7 Å². The second-order valence-electron chi connectivity index (χ2n) is 8.54. The molecule has 2 aromatic heterocycles. The van der Waals surface area contributed by atoms with Crippen molar-refractivity contribution in [1.29, 1.82) is 0 Å². The summed E-state index contributed by atoms with van der Waals surface area (Å²) >= 11 is 0. The Morgan fingerprint density at radius 3 is 2.94 bits per heavy atom. The number of cyclic esters (lactones) is 1. The van der Waals surface area contributed by atoms with Crippen molar-refractivity contribution >= 4 is 22.8 Å². The number of carbonyl (C=O) groups excluding carboxylic acids is 1. The summed E-state index contributed by atoms with van der Waals surface area (Å²) in [6.07, 6.45) is 1.57. The van der Waals surface area contributed by atoms with Crippen LogP contribution in [0.4, 0.5) is 10.6 Å². The summed E-state index contributed by atoms with van der Waals surface area (Å²) < 4.78 is 28.1. The molecule has 35 heavy (non-hydrogen) atoms. The van der Waals surface area contributed by atoms with E-state index in [2.05, 4.69) is 25.1 Å². The second-order valence-corrected chi connectivity index (χ2v) is 8.54. The first-order valence-corrected chi connectivity index (χ1v) is 11.5. The van der Waals surface area contributed by atoms with Gasteiger partial charge in [-0.2, -0.15) is 0 Å². The molecule has 3 aromatic rings. The predicted molar refractivity (Wildman–Crippen MR) is 122 cm³/mol. The number of ether oxygens (including phenoxy) is 5. The number of aromatic nitrogens is 4. The smallest absolute Gasteiger partial charge is 0.416 e. The highest BCUT2D eigenvalue weighted by Gasteiger charge is 2.37. The predicted octanol–water partition coefficient (Wildman–Crippen LogP) is 1.68. The van der Waals surface area contributed by atoms with Crippen LogP contribution in [0.1, 0.15) is 6.42 Å². The lowest BCUT2D eigenvalue weighted by Crippen LogP contribution is -2.35. The third-order valence-corrected chi connectivity index (χ3v) is 6.22. The van der Waals surface area contributed by atoms with E-state index in [1.807, 2.05) is 18.2 Å². The van der Waals surface area contributed by atoms with Crippen molar-refractivity contribution in [1.82, 2.24) is 25.1 Å². The van der Waals surface area contributed by atoms with Gasteiger partial charge in [0.2, 0.25) is 5.88 Å². The number of methoxy groups -OCH3 is 1. The van der Waals surface area contributed by atoms with Crippen LogP contribution >= 0.6 is 0 Å². The Kier molecular flexibility index (Phi) is 5.57. The van der Waals surface area contributed by atoms with Crippen molar-refractivity contribution < 1.29 is 28.5 Å². The maximum atomic E-state index is 12.5. The fourth-order valence-electron chi connectivity index (χ4n) is 4.52. The van der Waals surface area contributed by atoms with Gasteiger partial charge in [0.1, 0.15) is 37.5 Å². The molecule has 0 aliphatic carbocycles. The van der Waals surface area contributed by atoms with Crippen LogP contribution in [0.15, 0.2) is 30.6 Å². The van der Waals surface area contributed by atoms with Gasteiger partial charge < -0.3 is 23.7 Å². The monoisotopic (exact) mass is 480 g/mol. The summed E-state index contributed by atoms with van der Waals surface area (Å²) in [5, 5.41) is 8.93. The fraction of sp³-hybridized carbons (Fsp3) is 0.435. The maximum Gasteiger partial charge on any atom is 0.416 e. The molecule has 1 unspecified atom stereocenters. The molecule has 0 bridgehead atoms. The first kappa shape index (κ1) is 21.6. The first-order valence-electron chi connectivity index (χ1n) is 11.5. The molecule has 12 nitrogen and oxygen atoms in total. The average molecular weight is 480 g/mol. The van der Waals surface area contributed by atoms with Gasteiger partial charge in [-0.3, -0.25) is 9.80 Å². The van der Waals surface area contributed by atoms with E-state index in [1.54, 1.807) is 13.2 Å². The molecule has 12 heteroatoms. The van der Waals surface area contributed by atoms with Crippen molar-refractivity contribution in [3.05, 3.63) is 30.6 Å². The largest absolute Gasteiger partial charge is 0.497 e. The molecule has 1 aromatic carbocycles. The lowest BCUT2D eigenvalue weighted by atomic mass is 10.2. The molecular weight excluding hydrogens is 456 g/mol. The van der Waals surface area contributed by atoms with Crippen LogP contribution < -0.4 is 23.8 Å². The van der Waals surface area contributed by atoms with E-state index < -0.39 is 6.09 Å². The van der Waals surface area contributed by atoms with Crippen molar-refractivity contribution in [2.24, 2.45) is 0 Å². The molecule has 1 amide bonds. The van der Waals surface area contributed by atoms with Crippen molar-refractivity contribution in [3.8, 4) is 23.3 Å². The van der Waals surface area contributed by atoms with Crippen LogP contribution in [0.2, 0.25) is 0 Å². The van der Waals surface area contributed by atoms with Crippen molar-refractivity contribution in [2.75, 3.05) is 51.4 Å². The summed E-state index contributed by atoms with van der Waals surface area (Å²) in [4.78, 5) is 24.9. The Morgan fingerprint density at radius 1 is 1.11 bits per heavy atom. The van der Waals surface area contributed by atoms with E-state index in [1.165, 1.54) is 11.2 Å². The van der Waals surface area contributed by atoms with Gasteiger partial charge >= 0.3 is 6.09 Å². The molecular formula is C23H24N6O6. The Bertz CT molecular complexity index is 1260. The summed E-state index contributed by atoms with van der Waals surface area (Å²) in [6.45, 7) is 3.37. The number of fused-ring (bicyclic) bond motifs is 2. The molecule has 2 fully saturated rings. The highest BCUT2D eigenvalue weighted by atomic mass is 16.6. The van der Waals surface area contributed by atoms with Gasteiger partial charge in [0.05, 0.1) is 24.6 Å². The summed E-state index contributed by atoms with van der Waals surface area (Å²) in [5.41, 5.74) is 0.797. The molecule has 0 saturated carbocycles. The van der Waals surface area contributed by atoms with Crippen LogP contribution in [0, 0.1) is 0 Å². The molecule has 0 radical (unpaired) electrons. The van der Waals surface area contributed by atoms with Gasteiger partial charge in [0.15, 0.2) is 11.6 Å². The van der Waals surface area contributed by atoms with Gasteiger partial charge in [-0.05, 0) is 24.6 Å². The zero-order valence-electron chi connectivity index (χ0n) is 19.1. The molecule has 6 rings (SSSR count). The minimum absolute atomic E-state index is 0.0313. The second kappa shape index (κ2) is 9.02. The van der Waals surface area contributed by atoms with Crippen LogP contribution in [0.3, 0.4) is 0 Å². The molecule has 0 N–H and O–H groups in total. The average Bonchev–Trinajstić information content (AvgIpc) is 3.49. The number of amides is 1. The molecule has 3 aliphatic rings. The zero-order chi connectivity index (χ0) is 23.8. The van der Waals surface area contributed by atoms with Gasteiger partial charge in [0.25, 0.3) is 5.88 Å². The minimum Gasteiger partial charge on any atom is -0.497 e. The van der Waals surface area contributed by atoms with E-state index in [0.717, 1.165) is 29.6 Å². The Labute approximate surface area is 200 Å². The topological polar surface area (TPSA) is 121 Å². The lowest BCUT2D eigenvalue weighted by Gasteiger charge is -2.20. The summed E-state index contributed by atoms with van der Waals surface area (Å²) in [6, 6.07) is 7.28.